The van der Waals surface area contributed by atoms with Crippen LogP contribution in [0.15, 0.2) is 66.7 Å². The highest BCUT2D eigenvalue weighted by atomic mass is 32.1. The molecule has 1 aromatic heterocycles. The average Bonchev–Trinajstić information content (AvgIpc) is 3.33. The van der Waals surface area contributed by atoms with E-state index in [4.69, 9.17) is 9.47 Å². The molecule has 36 heavy (non-hydrogen) atoms. The second kappa shape index (κ2) is 11.4. The molecule has 1 aliphatic rings. The molecule has 4 aromatic rings. The first kappa shape index (κ1) is 24.7. The first-order chi connectivity index (χ1) is 17.5. The van der Waals surface area contributed by atoms with Crippen LogP contribution < -0.4 is 9.47 Å². The van der Waals surface area contributed by atoms with Crippen molar-refractivity contribution in [3.8, 4) is 33.4 Å². The quantitative estimate of drug-likeness (QED) is 0.251. The lowest BCUT2D eigenvalue weighted by atomic mass is 10.0. The Balaban J connectivity index is 1.36. The lowest BCUT2D eigenvalue weighted by Crippen LogP contribution is -2.33. The largest absolute Gasteiger partial charge is 0.508 e. The Labute approximate surface area is 218 Å². The Morgan fingerprint density at radius 1 is 0.889 bits per heavy atom. The van der Waals surface area contributed by atoms with E-state index in [1.807, 2.05) is 41.7 Å². The highest BCUT2D eigenvalue weighted by Crippen LogP contribution is 2.43. The summed E-state index contributed by atoms with van der Waals surface area (Å²) in [6, 6.07) is 21.9. The van der Waals surface area contributed by atoms with Gasteiger partial charge in [-0.15, -0.1) is 11.3 Å². The molecule has 0 atom stereocenters. The standard InChI is InChI=1S/C31H35NO3S/c1-22(2)20-27-12-15-30(36-27)29-13-6-23-21-24(33)7-14-28(23)31(29)35-26-10-8-25(9-11-26)34-19-18-32-16-4-3-5-17-32/h6-15,21-22,33H,3-5,16-20H2,1-2H3. The number of aromatic hydroxyl groups is 1. The van der Waals surface area contributed by atoms with Crippen LogP contribution in [0.5, 0.6) is 23.0 Å². The highest BCUT2D eigenvalue weighted by molar-refractivity contribution is 7.15. The van der Waals surface area contributed by atoms with Crippen molar-refractivity contribution in [2.75, 3.05) is 26.2 Å². The summed E-state index contributed by atoms with van der Waals surface area (Å²) in [5.41, 5.74) is 1.06. The second-order valence-corrected chi connectivity index (χ2v) is 11.2. The third-order valence-electron chi connectivity index (χ3n) is 6.66. The number of phenolic OH excluding ortho intramolecular Hbond substituents is 1. The summed E-state index contributed by atoms with van der Waals surface area (Å²) in [5, 5.41) is 11.9. The molecule has 4 nitrogen and oxygen atoms in total. The van der Waals surface area contributed by atoms with Gasteiger partial charge >= 0.3 is 0 Å². The maximum Gasteiger partial charge on any atom is 0.143 e. The minimum atomic E-state index is 0.252. The smallest absolute Gasteiger partial charge is 0.143 e. The minimum absolute atomic E-state index is 0.252. The molecule has 2 heterocycles. The number of phenols is 1. The van der Waals surface area contributed by atoms with E-state index in [1.54, 1.807) is 12.1 Å². The molecule has 0 bridgehead atoms. The summed E-state index contributed by atoms with van der Waals surface area (Å²) in [7, 11) is 0. The number of benzene rings is 3. The van der Waals surface area contributed by atoms with Crippen molar-refractivity contribution in [1.82, 2.24) is 4.90 Å². The van der Waals surface area contributed by atoms with Crippen LogP contribution in [0.25, 0.3) is 21.2 Å². The molecule has 0 radical (unpaired) electrons. The maximum atomic E-state index is 10.0. The summed E-state index contributed by atoms with van der Waals surface area (Å²) < 4.78 is 12.5. The number of hydrogen-bond acceptors (Lipinski definition) is 5. The molecular formula is C31H35NO3S. The van der Waals surface area contributed by atoms with E-state index in [0.29, 0.717) is 12.5 Å². The normalized spacial score (nSPS) is 14.4. The number of piperidine rings is 1. The van der Waals surface area contributed by atoms with E-state index in [0.717, 1.165) is 46.6 Å². The number of rotatable bonds is 9. The van der Waals surface area contributed by atoms with E-state index < -0.39 is 0 Å². The zero-order chi connectivity index (χ0) is 24.9. The molecule has 5 rings (SSSR count). The van der Waals surface area contributed by atoms with Crippen LogP contribution >= 0.6 is 11.3 Å². The maximum absolute atomic E-state index is 10.0. The van der Waals surface area contributed by atoms with Crippen molar-refractivity contribution in [2.24, 2.45) is 5.92 Å². The van der Waals surface area contributed by atoms with Gasteiger partial charge in [-0.3, -0.25) is 4.90 Å². The Morgan fingerprint density at radius 2 is 1.67 bits per heavy atom. The van der Waals surface area contributed by atoms with Crippen LogP contribution in [0.3, 0.4) is 0 Å². The van der Waals surface area contributed by atoms with E-state index in [1.165, 1.54) is 42.1 Å². The van der Waals surface area contributed by atoms with Crippen molar-refractivity contribution in [3.05, 3.63) is 71.6 Å². The number of fused-ring (bicyclic) bond motifs is 1. The highest BCUT2D eigenvalue weighted by Gasteiger charge is 2.15. The zero-order valence-corrected chi connectivity index (χ0v) is 22.0. The van der Waals surface area contributed by atoms with Gasteiger partial charge in [-0.05, 0) is 104 Å². The molecule has 0 amide bonds. The van der Waals surface area contributed by atoms with Gasteiger partial charge in [0.25, 0.3) is 0 Å². The van der Waals surface area contributed by atoms with E-state index in [-0.39, 0.29) is 5.75 Å². The van der Waals surface area contributed by atoms with Crippen LogP contribution in [0.2, 0.25) is 0 Å². The number of likely N-dealkylation sites (tertiary alicyclic amines) is 1. The van der Waals surface area contributed by atoms with Crippen LogP contribution in [-0.4, -0.2) is 36.2 Å². The first-order valence-corrected chi connectivity index (χ1v) is 13.8. The van der Waals surface area contributed by atoms with Gasteiger partial charge in [0.15, 0.2) is 0 Å². The van der Waals surface area contributed by atoms with Crippen molar-refractivity contribution in [1.29, 1.82) is 0 Å². The molecule has 1 saturated heterocycles. The van der Waals surface area contributed by atoms with Crippen molar-refractivity contribution >= 4 is 22.1 Å². The molecule has 1 fully saturated rings. The third kappa shape index (κ3) is 6.03. The lowest BCUT2D eigenvalue weighted by Gasteiger charge is -2.26. The van der Waals surface area contributed by atoms with Crippen molar-refractivity contribution in [3.63, 3.8) is 0 Å². The molecule has 0 spiro atoms. The van der Waals surface area contributed by atoms with E-state index in [9.17, 15) is 5.11 Å². The monoisotopic (exact) mass is 501 g/mol. The van der Waals surface area contributed by atoms with E-state index >= 15 is 0 Å². The van der Waals surface area contributed by atoms with Crippen LogP contribution in [0.4, 0.5) is 0 Å². The van der Waals surface area contributed by atoms with Gasteiger partial charge in [0.1, 0.15) is 29.6 Å². The van der Waals surface area contributed by atoms with Gasteiger partial charge < -0.3 is 14.6 Å². The Morgan fingerprint density at radius 3 is 2.44 bits per heavy atom. The van der Waals surface area contributed by atoms with Gasteiger partial charge in [-0.1, -0.05) is 26.3 Å². The van der Waals surface area contributed by atoms with E-state index in [2.05, 4.69) is 43.0 Å². The number of nitrogens with zero attached hydrogens (tertiary/aromatic N) is 1. The minimum Gasteiger partial charge on any atom is -0.508 e. The van der Waals surface area contributed by atoms with Crippen molar-refractivity contribution in [2.45, 2.75) is 39.5 Å². The van der Waals surface area contributed by atoms with Crippen LogP contribution in [0, 0.1) is 5.92 Å². The molecule has 0 unspecified atom stereocenters. The molecule has 5 heteroatoms. The molecule has 188 valence electrons. The van der Waals surface area contributed by atoms with Gasteiger partial charge in [-0.2, -0.15) is 0 Å². The lowest BCUT2D eigenvalue weighted by molar-refractivity contribution is 0.183. The second-order valence-electron chi connectivity index (χ2n) is 10.0. The summed E-state index contributed by atoms with van der Waals surface area (Å²) in [6.07, 6.45) is 5.02. The topological polar surface area (TPSA) is 41.9 Å². The Hall–Kier alpha value is -3.02. The van der Waals surface area contributed by atoms with Crippen LogP contribution in [0.1, 0.15) is 38.0 Å². The third-order valence-corrected chi connectivity index (χ3v) is 7.80. The van der Waals surface area contributed by atoms with Crippen LogP contribution in [-0.2, 0) is 6.42 Å². The summed E-state index contributed by atoms with van der Waals surface area (Å²) >= 11 is 1.82. The molecule has 1 aliphatic heterocycles. The summed E-state index contributed by atoms with van der Waals surface area (Å²) in [5.74, 6) is 3.30. The van der Waals surface area contributed by atoms with Gasteiger partial charge in [0, 0.05) is 27.2 Å². The van der Waals surface area contributed by atoms with Crippen molar-refractivity contribution < 1.29 is 14.6 Å². The number of hydrogen-bond donors (Lipinski definition) is 1. The fourth-order valence-corrected chi connectivity index (χ4v) is 6.07. The average molecular weight is 502 g/mol. The van der Waals surface area contributed by atoms with Gasteiger partial charge in [-0.25, -0.2) is 0 Å². The molecule has 3 aromatic carbocycles. The number of ether oxygens (including phenoxy) is 2. The molecular weight excluding hydrogens is 466 g/mol. The molecule has 0 saturated carbocycles. The molecule has 1 N–H and O–H groups in total. The first-order valence-electron chi connectivity index (χ1n) is 13.0. The molecule has 0 aliphatic carbocycles. The predicted molar refractivity (Wildman–Crippen MR) is 150 cm³/mol. The summed E-state index contributed by atoms with van der Waals surface area (Å²) in [6.45, 7) is 8.54. The van der Waals surface area contributed by atoms with Gasteiger partial charge in [0.05, 0.1) is 0 Å². The number of thiophene rings is 1. The SMILES string of the molecule is CC(C)Cc1ccc(-c2ccc3cc(O)ccc3c2Oc2ccc(OCCN3CCCCC3)cc2)s1. The Kier molecular flexibility index (Phi) is 7.78. The fraction of sp³-hybridized carbons (Fsp3) is 0.355. The predicted octanol–water partition coefficient (Wildman–Crippen LogP) is 8.13. The Bertz CT molecular complexity index is 1290. The fourth-order valence-electron chi connectivity index (χ4n) is 4.82. The summed E-state index contributed by atoms with van der Waals surface area (Å²) in [4.78, 5) is 5.05. The van der Waals surface area contributed by atoms with Gasteiger partial charge in [0.2, 0.25) is 0 Å². The zero-order valence-electron chi connectivity index (χ0n) is 21.2.